The van der Waals surface area contributed by atoms with Crippen LogP contribution in [-0.4, -0.2) is 13.6 Å². The van der Waals surface area contributed by atoms with Gasteiger partial charge in [-0.1, -0.05) is 56.3 Å². The standard InChI is InChI=1S/C31H31N2O/c1-20-15-16-24-23-12-8-11-22(21-10-9-14-26-28(21)31(2,3)17-19-33(26)5)29(23)34-30(24)27(20)25-13-6-7-18-32(25)4/h6-16,18H,17,19H2,1-5H3/q+1. The smallest absolute Gasteiger partial charge is 0.216 e. The first-order valence-corrected chi connectivity index (χ1v) is 12.1. The molecule has 5 aromatic rings. The van der Waals surface area contributed by atoms with Crippen molar-refractivity contribution in [1.82, 2.24) is 0 Å². The lowest BCUT2D eigenvalue weighted by Gasteiger charge is -2.40. The van der Waals surface area contributed by atoms with Crippen LogP contribution >= 0.6 is 0 Å². The third-order valence-corrected chi connectivity index (χ3v) is 7.68. The van der Waals surface area contributed by atoms with E-state index >= 15 is 0 Å². The fourth-order valence-electron chi connectivity index (χ4n) is 5.76. The fourth-order valence-corrected chi connectivity index (χ4v) is 5.76. The van der Waals surface area contributed by atoms with Gasteiger partial charge in [0, 0.05) is 47.7 Å². The van der Waals surface area contributed by atoms with E-state index in [0.717, 1.165) is 35.4 Å². The number of pyridine rings is 1. The van der Waals surface area contributed by atoms with Crippen LogP contribution < -0.4 is 9.47 Å². The summed E-state index contributed by atoms with van der Waals surface area (Å²) in [6.45, 7) is 7.99. The Morgan fingerprint density at radius 2 is 1.62 bits per heavy atom. The number of furan rings is 1. The number of anilines is 1. The lowest BCUT2D eigenvalue weighted by molar-refractivity contribution is -0.660. The number of nitrogens with zero attached hydrogens (tertiary/aromatic N) is 2. The van der Waals surface area contributed by atoms with Crippen LogP contribution in [0.5, 0.6) is 0 Å². The van der Waals surface area contributed by atoms with Crippen LogP contribution in [0.3, 0.4) is 0 Å². The number of aryl methyl sites for hydroxylation is 2. The van der Waals surface area contributed by atoms with Gasteiger partial charge in [0.2, 0.25) is 5.69 Å². The average Bonchev–Trinajstić information content (AvgIpc) is 3.21. The van der Waals surface area contributed by atoms with Crippen molar-refractivity contribution in [1.29, 1.82) is 0 Å². The van der Waals surface area contributed by atoms with Crippen LogP contribution in [0.2, 0.25) is 0 Å². The van der Waals surface area contributed by atoms with Gasteiger partial charge in [-0.2, -0.15) is 0 Å². The molecule has 0 fully saturated rings. The molecule has 0 unspecified atom stereocenters. The highest BCUT2D eigenvalue weighted by molar-refractivity contribution is 6.13. The maximum absolute atomic E-state index is 6.82. The molecule has 0 N–H and O–H groups in total. The number of rotatable bonds is 2. The minimum atomic E-state index is 0.103. The summed E-state index contributed by atoms with van der Waals surface area (Å²) in [7, 11) is 4.30. The molecule has 0 radical (unpaired) electrons. The first-order chi connectivity index (χ1) is 16.4. The Hall–Kier alpha value is -3.59. The van der Waals surface area contributed by atoms with E-state index in [1.54, 1.807) is 0 Å². The number of fused-ring (bicyclic) bond motifs is 4. The minimum absolute atomic E-state index is 0.103. The predicted molar refractivity (Wildman–Crippen MR) is 141 cm³/mol. The van der Waals surface area contributed by atoms with Gasteiger partial charge in [-0.3, -0.25) is 0 Å². The van der Waals surface area contributed by atoms with E-state index in [4.69, 9.17) is 4.42 Å². The lowest BCUT2D eigenvalue weighted by atomic mass is 9.74. The fraction of sp³-hybridized carbons (Fsp3) is 0.258. The first-order valence-electron chi connectivity index (χ1n) is 12.1. The van der Waals surface area contributed by atoms with Gasteiger partial charge in [-0.25, -0.2) is 4.57 Å². The predicted octanol–water partition coefficient (Wildman–Crippen LogP) is 7.17. The molecular formula is C31H31N2O+. The zero-order valence-corrected chi connectivity index (χ0v) is 20.6. The second-order valence-corrected chi connectivity index (χ2v) is 10.4. The molecular weight excluding hydrogens is 416 g/mol. The van der Waals surface area contributed by atoms with Gasteiger partial charge in [-0.05, 0) is 47.6 Å². The van der Waals surface area contributed by atoms with Crippen LogP contribution in [0.25, 0.3) is 44.3 Å². The number of aromatic nitrogens is 1. The summed E-state index contributed by atoms with van der Waals surface area (Å²) in [6.07, 6.45) is 3.23. The summed E-state index contributed by atoms with van der Waals surface area (Å²) < 4.78 is 8.99. The summed E-state index contributed by atoms with van der Waals surface area (Å²) in [4.78, 5) is 2.39. The largest absolute Gasteiger partial charge is 0.454 e. The van der Waals surface area contributed by atoms with Gasteiger partial charge in [0.25, 0.3) is 0 Å². The molecule has 3 heterocycles. The van der Waals surface area contributed by atoms with Crippen LogP contribution in [0.15, 0.2) is 77.3 Å². The molecule has 0 atom stereocenters. The molecule has 170 valence electrons. The molecule has 6 rings (SSSR count). The highest BCUT2D eigenvalue weighted by Crippen LogP contribution is 2.47. The zero-order chi connectivity index (χ0) is 23.6. The van der Waals surface area contributed by atoms with Gasteiger partial charge in [0.05, 0.1) is 5.56 Å². The highest BCUT2D eigenvalue weighted by atomic mass is 16.3. The monoisotopic (exact) mass is 447 g/mol. The quantitative estimate of drug-likeness (QED) is 0.267. The molecule has 0 aliphatic carbocycles. The first kappa shape index (κ1) is 21.0. The maximum Gasteiger partial charge on any atom is 0.216 e. The van der Waals surface area contributed by atoms with Gasteiger partial charge in [0.15, 0.2) is 6.20 Å². The molecule has 3 heteroatoms. The van der Waals surface area contributed by atoms with Crippen molar-refractivity contribution in [2.24, 2.45) is 7.05 Å². The zero-order valence-electron chi connectivity index (χ0n) is 20.6. The Morgan fingerprint density at radius 3 is 2.44 bits per heavy atom. The van der Waals surface area contributed by atoms with E-state index in [1.165, 1.54) is 38.7 Å². The molecule has 0 spiro atoms. The molecule has 2 aromatic heterocycles. The second kappa shape index (κ2) is 7.46. The average molecular weight is 448 g/mol. The summed E-state index contributed by atoms with van der Waals surface area (Å²) in [5.74, 6) is 0. The van der Waals surface area contributed by atoms with Crippen LogP contribution in [0, 0.1) is 6.92 Å². The Kier molecular flexibility index (Phi) is 4.60. The van der Waals surface area contributed by atoms with Crippen LogP contribution in [0.4, 0.5) is 5.69 Å². The molecule has 0 amide bonds. The van der Waals surface area contributed by atoms with Crippen molar-refractivity contribution in [3.63, 3.8) is 0 Å². The molecule has 3 nitrogen and oxygen atoms in total. The van der Waals surface area contributed by atoms with Crippen LogP contribution in [0.1, 0.15) is 31.4 Å². The normalized spacial score (nSPS) is 15.1. The molecule has 1 aliphatic rings. The summed E-state index contributed by atoms with van der Waals surface area (Å²) in [5.41, 5.74) is 10.8. The Balaban J connectivity index is 1.69. The molecule has 0 saturated heterocycles. The van der Waals surface area contributed by atoms with E-state index < -0.39 is 0 Å². The third kappa shape index (κ3) is 3.00. The van der Waals surface area contributed by atoms with E-state index in [9.17, 15) is 0 Å². The van der Waals surface area contributed by atoms with Crippen molar-refractivity contribution in [3.05, 3.63) is 84.1 Å². The second-order valence-electron chi connectivity index (χ2n) is 10.4. The van der Waals surface area contributed by atoms with E-state index in [-0.39, 0.29) is 5.41 Å². The van der Waals surface area contributed by atoms with E-state index in [1.807, 2.05) is 0 Å². The third-order valence-electron chi connectivity index (χ3n) is 7.68. The number of benzene rings is 3. The topological polar surface area (TPSA) is 20.3 Å². The van der Waals surface area contributed by atoms with Crippen molar-refractivity contribution in [3.8, 4) is 22.4 Å². The van der Waals surface area contributed by atoms with Gasteiger partial charge in [0.1, 0.15) is 18.2 Å². The van der Waals surface area contributed by atoms with Crippen LogP contribution in [-0.2, 0) is 12.5 Å². The number of para-hydroxylation sites is 1. The minimum Gasteiger partial charge on any atom is -0.454 e. The molecule has 0 bridgehead atoms. The maximum atomic E-state index is 6.82. The molecule has 34 heavy (non-hydrogen) atoms. The van der Waals surface area contributed by atoms with Gasteiger partial charge >= 0.3 is 0 Å². The highest BCUT2D eigenvalue weighted by Gasteiger charge is 2.33. The number of hydrogen-bond acceptors (Lipinski definition) is 2. The lowest BCUT2D eigenvalue weighted by Crippen LogP contribution is -2.35. The summed E-state index contributed by atoms with van der Waals surface area (Å²) >= 11 is 0. The van der Waals surface area contributed by atoms with Gasteiger partial charge in [-0.15, -0.1) is 0 Å². The molecule has 0 saturated carbocycles. The van der Waals surface area contributed by atoms with Crippen molar-refractivity contribution in [2.45, 2.75) is 32.6 Å². The van der Waals surface area contributed by atoms with Crippen molar-refractivity contribution in [2.75, 3.05) is 18.5 Å². The molecule has 3 aromatic carbocycles. The van der Waals surface area contributed by atoms with E-state index in [0.29, 0.717) is 0 Å². The summed E-state index contributed by atoms with van der Waals surface area (Å²) in [6, 6.07) is 24.1. The Bertz CT molecular complexity index is 1570. The SMILES string of the molecule is Cc1ccc2c(oc3c(-c4cccc5c4C(C)(C)CCN5C)cccc32)c1-c1cccc[n+]1C. The Labute approximate surface area is 201 Å². The van der Waals surface area contributed by atoms with Crippen molar-refractivity contribution < 1.29 is 8.98 Å². The number of hydrogen-bond donors (Lipinski definition) is 0. The van der Waals surface area contributed by atoms with Crippen molar-refractivity contribution >= 4 is 27.6 Å². The van der Waals surface area contributed by atoms with E-state index in [2.05, 4.69) is 117 Å². The van der Waals surface area contributed by atoms with Gasteiger partial charge < -0.3 is 9.32 Å². The summed E-state index contributed by atoms with van der Waals surface area (Å²) in [5, 5.41) is 2.34. The molecule has 1 aliphatic heterocycles. The Morgan fingerprint density at radius 1 is 0.853 bits per heavy atom.